The second kappa shape index (κ2) is 4.74. The third kappa shape index (κ3) is 1.91. The van der Waals surface area contributed by atoms with Crippen LogP contribution in [-0.4, -0.2) is 22.0 Å². The molecule has 0 aliphatic carbocycles. The first-order valence-corrected chi connectivity index (χ1v) is 7.89. The van der Waals surface area contributed by atoms with Crippen LogP contribution in [0.15, 0.2) is 11.6 Å². The van der Waals surface area contributed by atoms with Crippen LogP contribution >= 0.6 is 22.9 Å². The zero-order chi connectivity index (χ0) is 12.7. The Bertz CT molecular complexity index is 547. The predicted molar refractivity (Wildman–Crippen MR) is 77.8 cm³/mol. The van der Waals surface area contributed by atoms with Crippen LogP contribution in [-0.2, 0) is 5.88 Å². The normalized spacial score (nSPS) is 24.9. The predicted octanol–water partition coefficient (Wildman–Crippen LogP) is 3.76. The summed E-state index contributed by atoms with van der Waals surface area (Å²) >= 11 is 7.80. The number of fused-ring (bicyclic) bond motifs is 1. The average Bonchev–Trinajstić information content (AvgIpc) is 2.91. The molecule has 2 aromatic heterocycles. The molecule has 2 atom stereocenters. The van der Waals surface area contributed by atoms with Gasteiger partial charge in [0.1, 0.15) is 0 Å². The molecule has 2 aromatic rings. The minimum absolute atomic E-state index is 0.519. The van der Waals surface area contributed by atoms with Gasteiger partial charge in [0.05, 0.1) is 11.6 Å². The molecule has 3 heterocycles. The summed E-state index contributed by atoms with van der Waals surface area (Å²) in [5, 5.41) is 2.06. The van der Waals surface area contributed by atoms with E-state index in [4.69, 9.17) is 16.6 Å². The van der Waals surface area contributed by atoms with Crippen molar-refractivity contribution in [3.05, 3.63) is 17.3 Å². The topological polar surface area (TPSA) is 20.5 Å². The first-order chi connectivity index (χ1) is 8.70. The number of aromatic nitrogens is 2. The molecule has 0 N–H and O–H groups in total. The summed E-state index contributed by atoms with van der Waals surface area (Å²) in [4.78, 5) is 8.26. The van der Waals surface area contributed by atoms with Gasteiger partial charge in [-0.1, -0.05) is 6.92 Å². The van der Waals surface area contributed by atoms with E-state index in [1.807, 2.05) is 0 Å². The Balaban J connectivity index is 2.04. The van der Waals surface area contributed by atoms with Gasteiger partial charge in [0.2, 0.25) is 0 Å². The molecule has 0 radical (unpaired) electrons. The van der Waals surface area contributed by atoms with E-state index in [0.29, 0.717) is 11.9 Å². The summed E-state index contributed by atoms with van der Waals surface area (Å²) in [6.45, 7) is 5.70. The van der Waals surface area contributed by atoms with E-state index in [1.54, 1.807) is 11.3 Å². The molecule has 3 rings (SSSR count). The highest BCUT2D eigenvalue weighted by Gasteiger charge is 2.27. The molecule has 0 spiro atoms. The molecule has 0 bridgehead atoms. The van der Waals surface area contributed by atoms with Crippen LogP contribution in [0, 0.1) is 5.92 Å². The molecule has 5 heteroatoms. The van der Waals surface area contributed by atoms with Crippen molar-refractivity contribution < 1.29 is 0 Å². The van der Waals surface area contributed by atoms with Gasteiger partial charge in [-0.15, -0.1) is 22.9 Å². The van der Waals surface area contributed by atoms with Crippen LogP contribution in [0.2, 0.25) is 0 Å². The van der Waals surface area contributed by atoms with Gasteiger partial charge in [0.25, 0.3) is 0 Å². The lowest BCUT2D eigenvalue weighted by Crippen LogP contribution is -2.41. The fraction of sp³-hybridized carbons (Fsp3) is 0.615. The molecule has 3 nitrogen and oxygen atoms in total. The van der Waals surface area contributed by atoms with E-state index in [-0.39, 0.29) is 0 Å². The minimum Gasteiger partial charge on any atom is -0.352 e. The van der Waals surface area contributed by atoms with E-state index >= 15 is 0 Å². The number of hydrogen-bond acceptors (Lipinski definition) is 3. The van der Waals surface area contributed by atoms with Crippen molar-refractivity contribution in [2.45, 2.75) is 38.6 Å². The van der Waals surface area contributed by atoms with Crippen LogP contribution in [0.1, 0.15) is 32.4 Å². The van der Waals surface area contributed by atoms with Crippen LogP contribution in [0.3, 0.4) is 0 Å². The summed E-state index contributed by atoms with van der Waals surface area (Å²) in [7, 11) is 0. The van der Waals surface area contributed by atoms with E-state index in [1.165, 1.54) is 12.8 Å². The Labute approximate surface area is 116 Å². The van der Waals surface area contributed by atoms with Crippen molar-refractivity contribution in [1.82, 2.24) is 9.38 Å². The maximum absolute atomic E-state index is 6.13. The monoisotopic (exact) mass is 283 g/mol. The quantitative estimate of drug-likeness (QED) is 0.782. The molecule has 1 aliphatic rings. The van der Waals surface area contributed by atoms with Gasteiger partial charge < -0.3 is 4.90 Å². The van der Waals surface area contributed by atoms with Gasteiger partial charge in [-0.3, -0.25) is 4.40 Å². The Hall–Kier alpha value is -0.740. The van der Waals surface area contributed by atoms with Crippen molar-refractivity contribution in [3.63, 3.8) is 0 Å². The van der Waals surface area contributed by atoms with Gasteiger partial charge in [-0.25, -0.2) is 4.98 Å². The van der Waals surface area contributed by atoms with Gasteiger partial charge in [-0.05, 0) is 25.7 Å². The van der Waals surface area contributed by atoms with Gasteiger partial charge in [0, 0.05) is 24.2 Å². The van der Waals surface area contributed by atoms with Crippen molar-refractivity contribution in [2.24, 2.45) is 5.92 Å². The molecule has 0 saturated carbocycles. The molecule has 2 unspecified atom stereocenters. The summed E-state index contributed by atoms with van der Waals surface area (Å²) in [5.41, 5.74) is 1.13. The second-order valence-corrected chi connectivity index (χ2v) is 6.40. The van der Waals surface area contributed by atoms with Crippen molar-refractivity contribution in [1.29, 1.82) is 0 Å². The van der Waals surface area contributed by atoms with Crippen molar-refractivity contribution >= 4 is 33.7 Å². The smallest absolute Gasteiger partial charge is 0.195 e. The average molecular weight is 284 g/mol. The third-order valence-corrected chi connectivity index (χ3v) is 4.87. The number of thiazole rings is 1. The number of imidazole rings is 1. The zero-order valence-electron chi connectivity index (χ0n) is 10.8. The van der Waals surface area contributed by atoms with Gasteiger partial charge >= 0.3 is 0 Å². The Morgan fingerprint density at radius 2 is 2.28 bits per heavy atom. The number of hydrogen-bond donors (Lipinski definition) is 0. The van der Waals surface area contributed by atoms with Crippen LogP contribution < -0.4 is 4.90 Å². The number of rotatable bonds is 2. The fourth-order valence-electron chi connectivity index (χ4n) is 2.76. The summed E-state index contributed by atoms with van der Waals surface area (Å²) in [5.74, 6) is 2.35. The molecule has 1 fully saturated rings. The summed E-state index contributed by atoms with van der Waals surface area (Å²) < 4.78 is 2.12. The van der Waals surface area contributed by atoms with E-state index < -0.39 is 0 Å². The van der Waals surface area contributed by atoms with E-state index in [0.717, 1.165) is 28.9 Å². The minimum atomic E-state index is 0.519. The SMILES string of the molecule is CC1CCC(C)N(c2nc3sccn3c2CCl)C1. The molecule has 1 saturated heterocycles. The Kier molecular flexibility index (Phi) is 3.24. The molecular formula is C13H18ClN3S. The molecule has 1 aliphatic heterocycles. The highest BCUT2D eigenvalue weighted by Crippen LogP contribution is 2.32. The first kappa shape index (κ1) is 12.3. The maximum atomic E-state index is 6.13. The van der Waals surface area contributed by atoms with Crippen LogP contribution in [0.5, 0.6) is 0 Å². The lowest BCUT2D eigenvalue weighted by Gasteiger charge is -2.37. The lowest BCUT2D eigenvalue weighted by molar-refractivity contribution is 0.388. The largest absolute Gasteiger partial charge is 0.352 e. The third-order valence-electron chi connectivity index (χ3n) is 3.86. The van der Waals surface area contributed by atoms with E-state index in [2.05, 4.69) is 34.7 Å². The number of piperidine rings is 1. The van der Waals surface area contributed by atoms with Crippen molar-refractivity contribution in [2.75, 3.05) is 11.4 Å². The number of halogens is 1. The van der Waals surface area contributed by atoms with Gasteiger partial charge in [0.15, 0.2) is 10.8 Å². The number of nitrogens with zero attached hydrogens (tertiary/aromatic N) is 3. The molecule has 18 heavy (non-hydrogen) atoms. The Morgan fingerprint density at radius 1 is 1.44 bits per heavy atom. The first-order valence-electron chi connectivity index (χ1n) is 6.47. The van der Waals surface area contributed by atoms with Gasteiger partial charge in [-0.2, -0.15) is 0 Å². The molecule has 0 amide bonds. The lowest BCUT2D eigenvalue weighted by atomic mass is 9.95. The zero-order valence-corrected chi connectivity index (χ0v) is 12.3. The summed E-state index contributed by atoms with van der Waals surface area (Å²) in [6.07, 6.45) is 4.62. The number of alkyl halides is 1. The highest BCUT2D eigenvalue weighted by molar-refractivity contribution is 7.15. The van der Waals surface area contributed by atoms with E-state index in [9.17, 15) is 0 Å². The second-order valence-electron chi connectivity index (χ2n) is 5.26. The standard InChI is InChI=1S/C13H18ClN3S/c1-9-3-4-10(2)17(8-9)12-11(7-14)16-5-6-18-13(16)15-12/h5-6,9-10H,3-4,7-8H2,1-2H3. The van der Waals surface area contributed by atoms with Crippen LogP contribution in [0.4, 0.5) is 5.82 Å². The molecule has 98 valence electrons. The molecular weight excluding hydrogens is 266 g/mol. The Morgan fingerprint density at radius 3 is 3.06 bits per heavy atom. The summed E-state index contributed by atoms with van der Waals surface area (Å²) in [6, 6.07) is 0.563. The van der Waals surface area contributed by atoms with Crippen LogP contribution in [0.25, 0.3) is 4.96 Å². The fourth-order valence-corrected chi connectivity index (χ4v) is 3.74. The number of anilines is 1. The maximum Gasteiger partial charge on any atom is 0.195 e. The molecule has 0 aromatic carbocycles. The van der Waals surface area contributed by atoms with Crippen molar-refractivity contribution in [3.8, 4) is 0 Å². The highest BCUT2D eigenvalue weighted by atomic mass is 35.5.